The highest BCUT2D eigenvalue weighted by molar-refractivity contribution is 5.94. The van der Waals surface area contributed by atoms with E-state index in [4.69, 9.17) is 0 Å². The van der Waals surface area contributed by atoms with Gasteiger partial charge < -0.3 is 10.2 Å². The first-order valence-corrected chi connectivity index (χ1v) is 9.54. The van der Waals surface area contributed by atoms with E-state index in [1.165, 1.54) is 27.3 Å². The summed E-state index contributed by atoms with van der Waals surface area (Å²) in [6.07, 6.45) is 2.84. The molecule has 0 aliphatic carbocycles. The van der Waals surface area contributed by atoms with Crippen molar-refractivity contribution < 1.29 is 4.79 Å². The van der Waals surface area contributed by atoms with Crippen molar-refractivity contribution in [2.24, 2.45) is 7.05 Å². The predicted molar refractivity (Wildman–Crippen MR) is 116 cm³/mol. The van der Waals surface area contributed by atoms with Crippen LogP contribution in [0.3, 0.4) is 0 Å². The minimum Gasteiger partial charge on any atom is -0.369 e. The molecule has 2 heterocycles. The van der Waals surface area contributed by atoms with E-state index in [-0.39, 0.29) is 18.0 Å². The lowest BCUT2D eigenvalue weighted by Gasteiger charge is -2.23. The van der Waals surface area contributed by atoms with Gasteiger partial charge in [-0.15, -0.1) is 0 Å². The molecule has 0 aliphatic heterocycles. The van der Waals surface area contributed by atoms with E-state index < -0.39 is 0 Å². The summed E-state index contributed by atoms with van der Waals surface area (Å²) in [6.45, 7) is 0.572. The number of anilines is 2. The van der Waals surface area contributed by atoms with Crippen LogP contribution < -0.4 is 15.8 Å². The maximum absolute atomic E-state index is 12.7. The average molecular weight is 402 g/mol. The second kappa shape index (κ2) is 8.20. The van der Waals surface area contributed by atoms with Gasteiger partial charge >= 0.3 is 0 Å². The topological polar surface area (TPSA) is 85.1 Å². The number of rotatable bonds is 6. The Bertz CT molecular complexity index is 1250. The largest absolute Gasteiger partial charge is 0.369 e. The molecule has 1 amide bonds. The molecule has 1 N–H and O–H groups in total. The van der Waals surface area contributed by atoms with Crippen LogP contribution in [0.15, 0.2) is 71.9 Å². The van der Waals surface area contributed by atoms with Crippen molar-refractivity contribution in [3.8, 4) is 0 Å². The first-order chi connectivity index (χ1) is 14.5. The number of nitrogens with zero attached hydrogens (tertiary/aromatic N) is 5. The van der Waals surface area contributed by atoms with Crippen LogP contribution in [0.4, 0.5) is 11.4 Å². The number of amides is 1. The maximum Gasteiger partial charge on any atom is 0.264 e. The summed E-state index contributed by atoms with van der Waals surface area (Å²) in [5.41, 5.74) is 2.94. The van der Waals surface area contributed by atoms with Gasteiger partial charge in [-0.05, 0) is 17.7 Å². The molecule has 152 valence electrons. The molecular weight excluding hydrogens is 380 g/mol. The maximum atomic E-state index is 12.7. The molecule has 8 nitrogen and oxygen atoms in total. The van der Waals surface area contributed by atoms with E-state index in [0.29, 0.717) is 23.3 Å². The molecule has 0 atom stereocenters. The Morgan fingerprint density at radius 1 is 1.10 bits per heavy atom. The zero-order chi connectivity index (χ0) is 21.1. The molecule has 0 saturated heterocycles. The van der Waals surface area contributed by atoms with E-state index in [0.717, 1.165) is 5.69 Å². The highest BCUT2D eigenvalue weighted by Crippen LogP contribution is 2.26. The van der Waals surface area contributed by atoms with Crippen LogP contribution in [0.2, 0.25) is 0 Å². The second-order valence-corrected chi connectivity index (χ2v) is 7.09. The Kier molecular flexibility index (Phi) is 5.30. The summed E-state index contributed by atoms with van der Waals surface area (Å²) in [5, 5.41) is 7.35. The smallest absolute Gasteiger partial charge is 0.264 e. The molecule has 30 heavy (non-hydrogen) atoms. The lowest BCUT2D eigenvalue weighted by molar-refractivity contribution is -0.116. The Labute approximate surface area is 173 Å². The van der Waals surface area contributed by atoms with Crippen molar-refractivity contribution in [3.05, 3.63) is 83.0 Å². The van der Waals surface area contributed by atoms with Crippen LogP contribution in [-0.2, 0) is 24.9 Å². The van der Waals surface area contributed by atoms with Gasteiger partial charge in [-0.1, -0.05) is 42.5 Å². The van der Waals surface area contributed by atoms with E-state index in [9.17, 15) is 9.59 Å². The molecule has 4 rings (SSSR count). The third-order valence-electron chi connectivity index (χ3n) is 4.88. The molecule has 8 heteroatoms. The van der Waals surface area contributed by atoms with Crippen molar-refractivity contribution in [2.75, 3.05) is 17.3 Å². The standard InChI is InChI=1S/C22H22N6O2/c1-26(13-16-8-4-3-5-9-16)19-11-7-6-10-18(19)25-20(29)14-28-15-23-21-17(22(28)30)12-24-27(21)2/h3-12,15H,13-14H2,1-2H3,(H,25,29). The van der Waals surface area contributed by atoms with E-state index in [2.05, 4.69) is 32.4 Å². The lowest BCUT2D eigenvalue weighted by Crippen LogP contribution is -2.28. The second-order valence-electron chi connectivity index (χ2n) is 7.09. The molecule has 0 fully saturated rings. The fraction of sp³-hybridized carbons (Fsp3) is 0.182. The Hall–Kier alpha value is -3.94. The summed E-state index contributed by atoms with van der Waals surface area (Å²) in [5.74, 6) is -0.303. The van der Waals surface area contributed by atoms with E-state index in [1.807, 2.05) is 49.5 Å². The lowest BCUT2D eigenvalue weighted by atomic mass is 10.2. The molecule has 2 aromatic carbocycles. The highest BCUT2D eigenvalue weighted by atomic mass is 16.2. The normalized spacial score (nSPS) is 10.9. The Balaban J connectivity index is 1.51. The summed E-state index contributed by atoms with van der Waals surface area (Å²) in [6, 6.07) is 17.7. The Morgan fingerprint density at radius 2 is 1.83 bits per heavy atom. The molecular formula is C22H22N6O2. The summed E-state index contributed by atoms with van der Waals surface area (Å²) in [7, 11) is 3.69. The van der Waals surface area contributed by atoms with E-state index >= 15 is 0 Å². The fourth-order valence-electron chi connectivity index (χ4n) is 3.38. The third kappa shape index (κ3) is 3.93. The molecule has 0 bridgehead atoms. The number of para-hydroxylation sites is 2. The zero-order valence-electron chi connectivity index (χ0n) is 16.8. The van der Waals surface area contributed by atoms with Gasteiger partial charge in [-0.3, -0.25) is 18.8 Å². The summed E-state index contributed by atoms with van der Waals surface area (Å²) >= 11 is 0. The molecule has 0 saturated carbocycles. The molecule has 0 radical (unpaired) electrons. The van der Waals surface area contributed by atoms with Gasteiger partial charge in [0, 0.05) is 20.6 Å². The van der Waals surface area contributed by atoms with Crippen LogP contribution in [-0.4, -0.2) is 32.3 Å². The molecule has 0 unspecified atom stereocenters. The minimum atomic E-state index is -0.303. The van der Waals surface area contributed by atoms with Crippen molar-refractivity contribution >= 4 is 28.3 Å². The van der Waals surface area contributed by atoms with Gasteiger partial charge in [0.05, 0.1) is 17.6 Å². The number of nitrogens with one attached hydrogen (secondary N) is 1. The van der Waals surface area contributed by atoms with Crippen LogP contribution >= 0.6 is 0 Å². The van der Waals surface area contributed by atoms with Crippen molar-refractivity contribution in [1.82, 2.24) is 19.3 Å². The predicted octanol–water partition coefficient (Wildman–Crippen LogP) is 2.41. The molecule has 0 spiro atoms. The number of carbonyl (C=O) groups is 1. The highest BCUT2D eigenvalue weighted by Gasteiger charge is 2.13. The summed E-state index contributed by atoms with van der Waals surface area (Å²) < 4.78 is 2.82. The van der Waals surface area contributed by atoms with Crippen LogP contribution in [0.5, 0.6) is 0 Å². The molecule has 0 aliphatic rings. The van der Waals surface area contributed by atoms with Gasteiger partial charge in [-0.25, -0.2) is 4.98 Å². The average Bonchev–Trinajstić information content (AvgIpc) is 3.12. The molecule has 4 aromatic rings. The number of benzene rings is 2. The van der Waals surface area contributed by atoms with Crippen LogP contribution in [0.25, 0.3) is 11.0 Å². The monoisotopic (exact) mass is 402 g/mol. The molecule has 2 aromatic heterocycles. The number of carbonyl (C=O) groups excluding carboxylic acids is 1. The SMILES string of the molecule is CN(Cc1ccccc1)c1ccccc1NC(=O)Cn1cnc2c(cnn2C)c1=O. The van der Waals surface area contributed by atoms with Crippen molar-refractivity contribution in [1.29, 1.82) is 0 Å². The number of aromatic nitrogens is 4. The van der Waals surface area contributed by atoms with Crippen molar-refractivity contribution in [2.45, 2.75) is 13.1 Å². The van der Waals surface area contributed by atoms with Gasteiger partial charge in [-0.2, -0.15) is 5.10 Å². The van der Waals surface area contributed by atoms with Gasteiger partial charge in [0.15, 0.2) is 5.65 Å². The zero-order valence-corrected chi connectivity index (χ0v) is 16.8. The summed E-state index contributed by atoms with van der Waals surface area (Å²) in [4.78, 5) is 31.6. The fourth-order valence-corrected chi connectivity index (χ4v) is 3.38. The van der Waals surface area contributed by atoms with Crippen molar-refractivity contribution in [3.63, 3.8) is 0 Å². The van der Waals surface area contributed by atoms with E-state index in [1.54, 1.807) is 7.05 Å². The number of fused-ring (bicyclic) bond motifs is 1. The number of hydrogen-bond acceptors (Lipinski definition) is 5. The first kappa shape index (κ1) is 19.4. The number of aryl methyl sites for hydroxylation is 1. The van der Waals surface area contributed by atoms with Crippen LogP contribution in [0.1, 0.15) is 5.56 Å². The van der Waals surface area contributed by atoms with Gasteiger partial charge in [0.1, 0.15) is 18.3 Å². The van der Waals surface area contributed by atoms with Gasteiger partial charge in [0.25, 0.3) is 5.56 Å². The first-order valence-electron chi connectivity index (χ1n) is 9.54. The minimum absolute atomic E-state index is 0.132. The quantitative estimate of drug-likeness (QED) is 0.535. The van der Waals surface area contributed by atoms with Gasteiger partial charge in [0.2, 0.25) is 5.91 Å². The Morgan fingerprint density at radius 3 is 2.63 bits per heavy atom. The number of hydrogen-bond donors (Lipinski definition) is 1. The third-order valence-corrected chi connectivity index (χ3v) is 4.88. The van der Waals surface area contributed by atoms with Crippen LogP contribution in [0, 0.1) is 0 Å².